The lowest BCUT2D eigenvalue weighted by atomic mass is 10.0. The molecule has 1 amide bonds. The molecule has 1 heterocycles. The second kappa shape index (κ2) is 4.48. The van der Waals surface area contributed by atoms with Gasteiger partial charge in [0.25, 0.3) is 0 Å². The molecule has 1 aromatic carbocycles. The van der Waals surface area contributed by atoms with E-state index in [0.717, 1.165) is 10.9 Å². The van der Waals surface area contributed by atoms with Crippen molar-refractivity contribution in [2.24, 2.45) is 5.73 Å². The summed E-state index contributed by atoms with van der Waals surface area (Å²) in [7, 11) is 0. The molecular formula is C12H12N2O3. The highest BCUT2D eigenvalue weighted by molar-refractivity contribution is 5.81. The van der Waals surface area contributed by atoms with Gasteiger partial charge in [-0.05, 0) is 23.8 Å². The summed E-state index contributed by atoms with van der Waals surface area (Å²) < 4.78 is 0. The van der Waals surface area contributed by atoms with Gasteiger partial charge >= 0.3 is 0 Å². The minimum absolute atomic E-state index is 0.428. The van der Waals surface area contributed by atoms with Crippen LogP contribution in [0.2, 0.25) is 0 Å². The number of aliphatic hydroxyl groups is 2. The van der Waals surface area contributed by atoms with Crippen molar-refractivity contribution < 1.29 is 15.0 Å². The van der Waals surface area contributed by atoms with Crippen LogP contribution in [0.1, 0.15) is 11.7 Å². The number of hydrogen-bond acceptors (Lipinski definition) is 4. The predicted molar refractivity (Wildman–Crippen MR) is 61.9 cm³/mol. The first-order valence-corrected chi connectivity index (χ1v) is 5.10. The van der Waals surface area contributed by atoms with Gasteiger partial charge in [-0.1, -0.05) is 12.1 Å². The van der Waals surface area contributed by atoms with E-state index in [4.69, 9.17) is 5.73 Å². The topological polar surface area (TPSA) is 96.4 Å². The molecule has 88 valence electrons. The zero-order valence-corrected chi connectivity index (χ0v) is 8.95. The molecule has 2 aromatic rings. The Morgan fingerprint density at radius 1 is 1.29 bits per heavy atom. The number of amides is 1. The number of hydrogen-bond donors (Lipinski definition) is 3. The van der Waals surface area contributed by atoms with E-state index in [1.54, 1.807) is 30.5 Å². The van der Waals surface area contributed by atoms with Crippen molar-refractivity contribution in [2.75, 3.05) is 0 Å². The lowest BCUT2D eigenvalue weighted by Crippen LogP contribution is -2.33. The Balaban J connectivity index is 2.39. The summed E-state index contributed by atoms with van der Waals surface area (Å²) in [6.45, 7) is 0. The zero-order valence-electron chi connectivity index (χ0n) is 8.95. The van der Waals surface area contributed by atoms with Crippen LogP contribution in [0, 0.1) is 0 Å². The highest BCUT2D eigenvalue weighted by atomic mass is 16.3. The maximum Gasteiger partial charge on any atom is 0.249 e. The standard InChI is InChI=1S/C12H12N2O3/c13-12(17)11(16)10(15)8-3-4-9-7(6-8)2-1-5-14-9/h1-6,10-11,15-16H,(H2,13,17). The van der Waals surface area contributed by atoms with Crippen LogP contribution >= 0.6 is 0 Å². The molecule has 0 radical (unpaired) electrons. The Morgan fingerprint density at radius 2 is 2.06 bits per heavy atom. The van der Waals surface area contributed by atoms with Gasteiger partial charge in [0, 0.05) is 11.6 Å². The number of carbonyl (C=O) groups is 1. The van der Waals surface area contributed by atoms with Crippen molar-refractivity contribution in [3.63, 3.8) is 0 Å². The summed E-state index contributed by atoms with van der Waals surface area (Å²) in [6.07, 6.45) is -1.27. The van der Waals surface area contributed by atoms with E-state index in [2.05, 4.69) is 4.98 Å². The van der Waals surface area contributed by atoms with Crippen LogP contribution in [0.3, 0.4) is 0 Å². The fraction of sp³-hybridized carbons (Fsp3) is 0.167. The van der Waals surface area contributed by atoms with Crippen LogP contribution in [0.15, 0.2) is 36.5 Å². The minimum Gasteiger partial charge on any atom is -0.385 e. The third-order valence-electron chi connectivity index (χ3n) is 2.56. The maximum atomic E-state index is 10.8. The Labute approximate surface area is 97.5 Å². The van der Waals surface area contributed by atoms with Crippen LogP contribution in [0.5, 0.6) is 0 Å². The number of primary amides is 1. The normalized spacial score (nSPS) is 14.5. The van der Waals surface area contributed by atoms with Crippen molar-refractivity contribution >= 4 is 16.8 Å². The number of aliphatic hydroxyl groups excluding tert-OH is 2. The summed E-state index contributed by atoms with van der Waals surface area (Å²) >= 11 is 0. The number of aromatic nitrogens is 1. The molecule has 2 rings (SSSR count). The van der Waals surface area contributed by atoms with Crippen molar-refractivity contribution in [1.29, 1.82) is 0 Å². The molecule has 0 aliphatic rings. The van der Waals surface area contributed by atoms with Gasteiger partial charge < -0.3 is 15.9 Å². The van der Waals surface area contributed by atoms with E-state index >= 15 is 0 Å². The van der Waals surface area contributed by atoms with Crippen LogP contribution in [0.4, 0.5) is 0 Å². The van der Waals surface area contributed by atoms with E-state index < -0.39 is 18.1 Å². The second-order valence-electron chi connectivity index (χ2n) is 3.75. The molecule has 4 N–H and O–H groups in total. The summed E-state index contributed by atoms with van der Waals surface area (Å²) in [4.78, 5) is 14.9. The second-order valence-corrected chi connectivity index (χ2v) is 3.75. The van der Waals surface area contributed by atoms with Crippen LogP contribution in [0.25, 0.3) is 10.9 Å². The van der Waals surface area contributed by atoms with E-state index in [1.807, 2.05) is 6.07 Å². The molecule has 1 aromatic heterocycles. The third kappa shape index (κ3) is 2.25. The van der Waals surface area contributed by atoms with Gasteiger partial charge in [0.15, 0.2) is 6.10 Å². The molecule has 0 spiro atoms. The average Bonchev–Trinajstić information content (AvgIpc) is 2.36. The van der Waals surface area contributed by atoms with Gasteiger partial charge in [0.05, 0.1) is 5.52 Å². The number of nitrogens with two attached hydrogens (primary N) is 1. The maximum absolute atomic E-state index is 10.8. The number of rotatable bonds is 3. The third-order valence-corrected chi connectivity index (χ3v) is 2.56. The highest BCUT2D eigenvalue weighted by Gasteiger charge is 2.23. The molecule has 17 heavy (non-hydrogen) atoms. The molecule has 0 saturated carbocycles. The van der Waals surface area contributed by atoms with E-state index in [9.17, 15) is 15.0 Å². The Kier molecular flexibility index (Phi) is 3.03. The van der Waals surface area contributed by atoms with Gasteiger partial charge in [-0.15, -0.1) is 0 Å². The lowest BCUT2D eigenvalue weighted by Gasteiger charge is -2.15. The first-order chi connectivity index (χ1) is 8.09. The molecular weight excluding hydrogens is 220 g/mol. The Hall–Kier alpha value is -1.98. The fourth-order valence-corrected chi connectivity index (χ4v) is 1.62. The predicted octanol–water partition coefficient (Wildman–Crippen LogP) is 0.114. The van der Waals surface area contributed by atoms with Gasteiger partial charge in [-0.25, -0.2) is 0 Å². The van der Waals surface area contributed by atoms with Gasteiger partial charge in [0.1, 0.15) is 6.10 Å². The van der Waals surface area contributed by atoms with Gasteiger partial charge in [-0.2, -0.15) is 0 Å². The van der Waals surface area contributed by atoms with E-state index in [1.165, 1.54) is 0 Å². The number of carbonyl (C=O) groups excluding carboxylic acids is 1. The zero-order chi connectivity index (χ0) is 12.4. The van der Waals surface area contributed by atoms with Crippen LogP contribution < -0.4 is 5.73 Å². The van der Waals surface area contributed by atoms with Crippen LogP contribution in [-0.2, 0) is 4.79 Å². The summed E-state index contributed by atoms with van der Waals surface area (Å²) in [5.41, 5.74) is 6.13. The van der Waals surface area contributed by atoms with Gasteiger partial charge in [-0.3, -0.25) is 9.78 Å². The number of nitrogens with zero attached hydrogens (tertiary/aromatic N) is 1. The summed E-state index contributed by atoms with van der Waals surface area (Å²) in [5.74, 6) is -0.955. The van der Waals surface area contributed by atoms with Crippen molar-refractivity contribution in [3.05, 3.63) is 42.1 Å². The summed E-state index contributed by atoms with van der Waals surface area (Å²) in [6, 6.07) is 8.57. The molecule has 0 aliphatic heterocycles. The first kappa shape index (κ1) is 11.5. The van der Waals surface area contributed by atoms with Gasteiger partial charge in [0.2, 0.25) is 5.91 Å². The smallest absolute Gasteiger partial charge is 0.249 e. The number of fused-ring (bicyclic) bond motifs is 1. The Morgan fingerprint density at radius 3 is 2.76 bits per heavy atom. The van der Waals surface area contributed by atoms with Crippen molar-refractivity contribution in [3.8, 4) is 0 Å². The monoisotopic (exact) mass is 232 g/mol. The molecule has 0 fully saturated rings. The summed E-state index contributed by atoms with van der Waals surface area (Å²) in [5, 5.41) is 19.9. The molecule has 5 nitrogen and oxygen atoms in total. The first-order valence-electron chi connectivity index (χ1n) is 5.10. The van der Waals surface area contributed by atoms with Crippen molar-refractivity contribution in [2.45, 2.75) is 12.2 Å². The average molecular weight is 232 g/mol. The molecule has 0 aliphatic carbocycles. The van der Waals surface area contributed by atoms with E-state index in [0.29, 0.717) is 5.56 Å². The largest absolute Gasteiger partial charge is 0.385 e. The highest BCUT2D eigenvalue weighted by Crippen LogP contribution is 2.21. The molecule has 2 unspecified atom stereocenters. The van der Waals surface area contributed by atoms with E-state index in [-0.39, 0.29) is 0 Å². The quantitative estimate of drug-likeness (QED) is 0.700. The molecule has 2 atom stereocenters. The number of benzene rings is 1. The fourth-order valence-electron chi connectivity index (χ4n) is 1.62. The number of pyridine rings is 1. The molecule has 0 saturated heterocycles. The van der Waals surface area contributed by atoms with Crippen LogP contribution in [-0.4, -0.2) is 27.2 Å². The minimum atomic E-state index is -1.61. The lowest BCUT2D eigenvalue weighted by molar-refractivity contribution is -0.131. The Bertz CT molecular complexity index is 556. The molecule has 0 bridgehead atoms. The SMILES string of the molecule is NC(=O)C(O)C(O)c1ccc2ncccc2c1. The molecule has 5 heteroatoms. The van der Waals surface area contributed by atoms with Crippen molar-refractivity contribution in [1.82, 2.24) is 4.98 Å².